The summed E-state index contributed by atoms with van der Waals surface area (Å²) in [6.07, 6.45) is 0. The van der Waals surface area contributed by atoms with Crippen LogP contribution in [-0.4, -0.2) is 8.42 Å². The third-order valence-electron chi connectivity index (χ3n) is 0.0609. The molecule has 0 unspecified atom stereocenters. The van der Waals surface area contributed by atoms with Gasteiger partial charge in [-0.25, -0.2) is 0 Å². The SMILES string of the molecule is O=[P+]=S=O.O=[P+]=S=O. The molecule has 0 aromatic heterocycles. The van der Waals surface area contributed by atoms with E-state index in [0.29, 0.717) is 0 Å². The molecule has 0 aliphatic heterocycles. The van der Waals surface area contributed by atoms with Gasteiger partial charge in [0, 0.05) is 0 Å². The zero-order chi connectivity index (χ0) is 6.83. The van der Waals surface area contributed by atoms with Gasteiger partial charge < -0.3 is 0 Å². The first-order chi connectivity index (χ1) is 3.83. The van der Waals surface area contributed by atoms with E-state index in [9.17, 15) is 0 Å². The summed E-state index contributed by atoms with van der Waals surface area (Å²) in [4.78, 5) is 0. The van der Waals surface area contributed by atoms with Crippen molar-refractivity contribution in [3.63, 3.8) is 0 Å². The molecule has 44 valence electrons. The summed E-state index contributed by atoms with van der Waals surface area (Å²) in [5.41, 5.74) is 0. The van der Waals surface area contributed by atoms with Crippen LogP contribution in [0.3, 0.4) is 0 Å². The molecule has 0 rings (SSSR count). The molecule has 0 amide bonds. The molecule has 0 atom stereocenters. The Bertz CT molecular complexity index is 134. The van der Waals surface area contributed by atoms with E-state index in [2.05, 4.69) is 0 Å². The van der Waals surface area contributed by atoms with Gasteiger partial charge in [-0.1, -0.05) is 0 Å². The van der Waals surface area contributed by atoms with Gasteiger partial charge in [0.05, 0.1) is 0 Å². The van der Waals surface area contributed by atoms with Crippen molar-refractivity contribution in [1.29, 1.82) is 0 Å². The summed E-state index contributed by atoms with van der Waals surface area (Å²) in [7, 11) is -0.735. The molecule has 0 N–H and O–H groups in total. The van der Waals surface area contributed by atoms with Crippen LogP contribution >= 0.6 is 14.5 Å². The zero-order valence-electron chi connectivity index (χ0n) is 3.34. The molecule has 0 radical (unpaired) electrons. The average Bonchev–Trinajstić information content (AvgIpc) is 1.88. The Hall–Kier alpha value is 0.500. The van der Waals surface area contributed by atoms with E-state index in [1.807, 2.05) is 0 Å². The zero-order valence-corrected chi connectivity index (χ0v) is 6.77. The monoisotopic (exact) mass is 190 g/mol. The van der Waals surface area contributed by atoms with E-state index >= 15 is 0 Å². The second-order valence-electron chi connectivity index (χ2n) is 0.298. The van der Waals surface area contributed by atoms with Crippen LogP contribution in [0, 0.1) is 0 Å². The van der Waals surface area contributed by atoms with Crippen LogP contribution in [0.5, 0.6) is 0 Å². The van der Waals surface area contributed by atoms with Crippen LogP contribution in [0.15, 0.2) is 0 Å². The molecule has 0 heterocycles. The molecule has 8 heteroatoms. The summed E-state index contributed by atoms with van der Waals surface area (Å²) in [5, 5.41) is 0. The van der Waals surface area contributed by atoms with Crippen molar-refractivity contribution in [1.82, 2.24) is 0 Å². The van der Waals surface area contributed by atoms with Gasteiger partial charge >= 0.3 is 53.7 Å². The topological polar surface area (TPSA) is 68.3 Å². The Morgan fingerprint density at radius 3 is 1.00 bits per heavy atom. The van der Waals surface area contributed by atoms with Crippen molar-refractivity contribution < 1.29 is 17.5 Å². The second kappa shape index (κ2) is 15.6. The summed E-state index contributed by atoms with van der Waals surface area (Å²) in [5.74, 6) is 0. The van der Waals surface area contributed by atoms with Crippen LogP contribution in [0.4, 0.5) is 0 Å². The van der Waals surface area contributed by atoms with Crippen molar-refractivity contribution in [3.05, 3.63) is 0 Å². The van der Waals surface area contributed by atoms with Crippen LogP contribution in [-0.2, 0) is 30.8 Å². The van der Waals surface area contributed by atoms with Crippen molar-refractivity contribution in [2.45, 2.75) is 0 Å². The molecule has 4 nitrogen and oxygen atoms in total. The average molecular weight is 190 g/mol. The van der Waals surface area contributed by atoms with Crippen LogP contribution < -0.4 is 0 Å². The van der Waals surface area contributed by atoms with E-state index < -0.39 is 14.5 Å². The quantitative estimate of drug-likeness (QED) is 0.530. The number of hydrogen-bond donors (Lipinski definition) is 0. The number of hydrogen-bond acceptors (Lipinski definition) is 4. The van der Waals surface area contributed by atoms with E-state index in [4.69, 9.17) is 17.5 Å². The fraction of sp³-hybridized carbons (Fsp3) is 0. The molecular weight excluding hydrogens is 190 g/mol. The fourth-order valence-corrected chi connectivity index (χ4v) is 0. The van der Waals surface area contributed by atoms with Gasteiger partial charge in [-0.05, 0) is 0 Å². The molecular formula is O4P2S2+2. The van der Waals surface area contributed by atoms with Crippen molar-refractivity contribution in [2.75, 3.05) is 0 Å². The van der Waals surface area contributed by atoms with Crippen molar-refractivity contribution in [3.8, 4) is 0 Å². The van der Waals surface area contributed by atoms with Crippen molar-refractivity contribution in [2.24, 2.45) is 0 Å². The first kappa shape index (κ1) is 11.3. The maximum absolute atomic E-state index is 8.92. The molecule has 0 aliphatic carbocycles. The molecule has 0 saturated heterocycles. The van der Waals surface area contributed by atoms with Gasteiger partial charge in [-0.2, -0.15) is 0 Å². The predicted molar refractivity (Wildman–Crippen MR) is 31.5 cm³/mol. The third-order valence-corrected chi connectivity index (χ3v) is 0.548. The van der Waals surface area contributed by atoms with Gasteiger partial charge in [-0.15, -0.1) is 0 Å². The van der Waals surface area contributed by atoms with E-state index in [1.165, 1.54) is 0 Å². The van der Waals surface area contributed by atoms with Gasteiger partial charge in [0.25, 0.3) is 0 Å². The molecule has 8 heavy (non-hydrogen) atoms. The van der Waals surface area contributed by atoms with Gasteiger partial charge in [0.2, 0.25) is 0 Å². The van der Waals surface area contributed by atoms with E-state index in [-0.39, 0.29) is 21.7 Å². The van der Waals surface area contributed by atoms with Gasteiger partial charge in [-0.3, -0.25) is 0 Å². The minimum atomic E-state index is -0.390. The molecule has 0 saturated carbocycles. The van der Waals surface area contributed by atoms with Crippen LogP contribution in [0.1, 0.15) is 0 Å². The number of rotatable bonds is 0. The fourth-order valence-electron chi connectivity index (χ4n) is 0. The molecule has 0 spiro atoms. The maximum atomic E-state index is 8.92. The van der Waals surface area contributed by atoms with Gasteiger partial charge in [0.1, 0.15) is 0 Å². The standard InChI is InChI=1S/2O2PS/c2*1-3-4-2/q2*+1. The molecule has 0 aliphatic rings. The first-order valence-electron chi connectivity index (χ1n) is 1.06. The summed E-state index contributed by atoms with van der Waals surface area (Å²) in [6, 6.07) is 0. The summed E-state index contributed by atoms with van der Waals surface area (Å²) < 4.78 is 35.6. The van der Waals surface area contributed by atoms with Crippen molar-refractivity contribution >= 4 is 36.2 Å². The molecule has 0 bridgehead atoms. The van der Waals surface area contributed by atoms with E-state index in [0.717, 1.165) is 0 Å². The predicted octanol–water partition coefficient (Wildman–Crippen LogP) is 0.812. The normalized spacial score (nSPS) is 5.00. The molecule has 0 fully saturated rings. The molecule has 0 aromatic rings. The van der Waals surface area contributed by atoms with E-state index in [1.54, 1.807) is 0 Å². The summed E-state index contributed by atoms with van der Waals surface area (Å²) in [6.45, 7) is 0. The second-order valence-corrected chi connectivity index (χ2v) is 2.68. The molecule has 0 aromatic carbocycles. The Labute approximate surface area is 54.2 Å². The Morgan fingerprint density at radius 1 is 0.875 bits per heavy atom. The Morgan fingerprint density at radius 2 is 1.00 bits per heavy atom. The summed E-state index contributed by atoms with van der Waals surface area (Å²) >= 11 is 0. The van der Waals surface area contributed by atoms with Gasteiger partial charge in [0.15, 0.2) is 0 Å². The Balaban J connectivity index is 0. The Kier molecular flexibility index (Phi) is 22.1. The van der Waals surface area contributed by atoms with Crippen LogP contribution in [0.2, 0.25) is 0 Å². The minimum absolute atomic E-state index is 0.0231. The first-order valence-corrected chi connectivity index (χ1v) is 5.38. The third kappa shape index (κ3) is 31.5. The van der Waals surface area contributed by atoms with Crippen LogP contribution in [0.25, 0.3) is 0 Å².